The zero-order valence-electron chi connectivity index (χ0n) is 10.9. The highest BCUT2D eigenvalue weighted by Gasteiger charge is 2.11. The molecule has 2 N–H and O–H groups in total. The molecule has 0 bridgehead atoms. The van der Waals surface area contributed by atoms with Crippen LogP contribution in [0.1, 0.15) is 11.1 Å². The van der Waals surface area contributed by atoms with Gasteiger partial charge in [0.05, 0.1) is 18.3 Å². The molecule has 1 heterocycles. The summed E-state index contributed by atoms with van der Waals surface area (Å²) in [5, 5.41) is 0. The summed E-state index contributed by atoms with van der Waals surface area (Å²) in [5.74, 6) is 0.0356. The van der Waals surface area contributed by atoms with Gasteiger partial charge in [-0.2, -0.15) is 0 Å². The van der Waals surface area contributed by atoms with E-state index in [1.807, 2.05) is 36.4 Å². The molecule has 0 spiro atoms. The molecule has 4 heteroatoms. The number of amides is 1. The number of likely N-dealkylation sites (N-methyl/N-ethyl adjacent to an activating group) is 1. The molecule has 0 saturated heterocycles. The van der Waals surface area contributed by atoms with Gasteiger partial charge in [-0.1, -0.05) is 24.3 Å². The van der Waals surface area contributed by atoms with Crippen LogP contribution in [0.3, 0.4) is 0 Å². The van der Waals surface area contributed by atoms with Crippen molar-refractivity contribution in [3.8, 4) is 0 Å². The predicted octanol–water partition coefficient (Wildman–Crippen LogP) is 1.75. The molecule has 1 amide bonds. The molecule has 1 aromatic heterocycles. The Morgan fingerprint density at radius 2 is 1.89 bits per heavy atom. The molecule has 0 saturated carbocycles. The van der Waals surface area contributed by atoms with E-state index in [1.165, 1.54) is 0 Å². The number of aromatic nitrogens is 1. The number of hydrogen-bond acceptors (Lipinski definition) is 3. The summed E-state index contributed by atoms with van der Waals surface area (Å²) in [6, 6.07) is 11.5. The topological polar surface area (TPSA) is 59.2 Å². The minimum absolute atomic E-state index is 0.0356. The molecule has 0 atom stereocenters. The van der Waals surface area contributed by atoms with Crippen LogP contribution in [0.2, 0.25) is 0 Å². The lowest BCUT2D eigenvalue weighted by Crippen LogP contribution is -2.27. The lowest BCUT2D eigenvalue weighted by Gasteiger charge is -2.16. The monoisotopic (exact) mass is 255 g/mol. The molecule has 0 aliphatic carbocycles. The van der Waals surface area contributed by atoms with Crippen molar-refractivity contribution in [2.45, 2.75) is 13.0 Å². The third-order valence-electron chi connectivity index (χ3n) is 3.02. The number of carbonyl (C=O) groups excluding carboxylic acids is 1. The molecule has 0 unspecified atom stereocenters. The number of carbonyl (C=O) groups is 1. The smallest absolute Gasteiger partial charge is 0.231 e. The van der Waals surface area contributed by atoms with Crippen molar-refractivity contribution in [2.24, 2.45) is 5.73 Å². The van der Waals surface area contributed by atoms with Crippen LogP contribution < -0.4 is 10.6 Å². The van der Waals surface area contributed by atoms with Crippen LogP contribution in [0.4, 0.5) is 5.69 Å². The van der Waals surface area contributed by atoms with E-state index in [4.69, 9.17) is 5.73 Å². The first-order chi connectivity index (χ1) is 9.20. The normalized spacial score (nSPS) is 10.2. The average Bonchev–Trinajstić information content (AvgIpc) is 2.48. The van der Waals surface area contributed by atoms with Gasteiger partial charge < -0.3 is 10.6 Å². The van der Waals surface area contributed by atoms with Crippen LogP contribution in [-0.4, -0.2) is 17.9 Å². The van der Waals surface area contributed by atoms with Crippen LogP contribution >= 0.6 is 0 Å². The van der Waals surface area contributed by atoms with E-state index < -0.39 is 0 Å². The van der Waals surface area contributed by atoms with Gasteiger partial charge in [0.25, 0.3) is 0 Å². The second-order valence-corrected chi connectivity index (χ2v) is 4.36. The zero-order valence-corrected chi connectivity index (χ0v) is 10.9. The third-order valence-corrected chi connectivity index (χ3v) is 3.02. The Hall–Kier alpha value is -2.20. The molecule has 0 fully saturated rings. The maximum absolute atomic E-state index is 12.1. The molecular weight excluding hydrogens is 238 g/mol. The Morgan fingerprint density at radius 1 is 1.21 bits per heavy atom. The van der Waals surface area contributed by atoms with Gasteiger partial charge in [0.1, 0.15) is 0 Å². The van der Waals surface area contributed by atoms with E-state index in [2.05, 4.69) is 4.98 Å². The largest absolute Gasteiger partial charge is 0.326 e. The predicted molar refractivity (Wildman–Crippen MR) is 75.7 cm³/mol. The number of nitrogens with zero attached hydrogens (tertiary/aromatic N) is 2. The minimum Gasteiger partial charge on any atom is -0.326 e. The molecule has 4 nitrogen and oxygen atoms in total. The SMILES string of the molecule is CN(C(=O)Cc1ccc(CN)cc1)c1cccnc1. The van der Waals surface area contributed by atoms with Gasteiger partial charge in [-0.25, -0.2) is 0 Å². The summed E-state index contributed by atoms with van der Waals surface area (Å²) >= 11 is 0. The van der Waals surface area contributed by atoms with E-state index in [9.17, 15) is 4.79 Å². The third kappa shape index (κ3) is 3.39. The van der Waals surface area contributed by atoms with Crippen LogP contribution in [0, 0.1) is 0 Å². The highest BCUT2D eigenvalue weighted by Crippen LogP contribution is 2.12. The summed E-state index contributed by atoms with van der Waals surface area (Å²) in [6.45, 7) is 0.518. The quantitative estimate of drug-likeness (QED) is 0.905. The molecule has 0 aliphatic heterocycles. The van der Waals surface area contributed by atoms with Gasteiger partial charge in [-0.05, 0) is 23.3 Å². The lowest BCUT2D eigenvalue weighted by atomic mass is 10.1. The second kappa shape index (κ2) is 6.11. The van der Waals surface area contributed by atoms with E-state index >= 15 is 0 Å². The number of pyridine rings is 1. The summed E-state index contributed by atoms with van der Waals surface area (Å²) < 4.78 is 0. The van der Waals surface area contributed by atoms with Gasteiger partial charge in [-0.3, -0.25) is 9.78 Å². The fourth-order valence-corrected chi connectivity index (χ4v) is 1.78. The van der Waals surface area contributed by atoms with Gasteiger partial charge in [0.15, 0.2) is 0 Å². The highest BCUT2D eigenvalue weighted by molar-refractivity contribution is 5.94. The van der Waals surface area contributed by atoms with Crippen LogP contribution in [-0.2, 0) is 17.8 Å². The van der Waals surface area contributed by atoms with Crippen LogP contribution in [0.25, 0.3) is 0 Å². The van der Waals surface area contributed by atoms with Gasteiger partial charge >= 0.3 is 0 Å². The summed E-state index contributed by atoms with van der Waals surface area (Å²) in [5.41, 5.74) is 8.39. The molecule has 2 aromatic rings. The first-order valence-corrected chi connectivity index (χ1v) is 6.15. The Morgan fingerprint density at radius 3 is 2.47 bits per heavy atom. The van der Waals surface area contributed by atoms with Crippen molar-refractivity contribution in [1.82, 2.24) is 4.98 Å². The molecule has 2 rings (SSSR count). The highest BCUT2D eigenvalue weighted by atomic mass is 16.2. The molecule has 1 aromatic carbocycles. The van der Waals surface area contributed by atoms with E-state index in [-0.39, 0.29) is 5.91 Å². The Kier molecular flexibility index (Phi) is 4.26. The van der Waals surface area contributed by atoms with Crippen molar-refractivity contribution in [1.29, 1.82) is 0 Å². The molecule has 19 heavy (non-hydrogen) atoms. The molecule has 98 valence electrons. The molecule has 0 aliphatic rings. The van der Waals surface area contributed by atoms with E-state index in [1.54, 1.807) is 24.3 Å². The van der Waals surface area contributed by atoms with Gasteiger partial charge in [-0.15, -0.1) is 0 Å². The maximum Gasteiger partial charge on any atom is 0.231 e. The van der Waals surface area contributed by atoms with Gasteiger partial charge in [0, 0.05) is 19.8 Å². The van der Waals surface area contributed by atoms with E-state index in [0.717, 1.165) is 16.8 Å². The van der Waals surface area contributed by atoms with Crippen molar-refractivity contribution < 1.29 is 4.79 Å². The van der Waals surface area contributed by atoms with Crippen LogP contribution in [0.15, 0.2) is 48.8 Å². The number of nitrogens with two attached hydrogens (primary N) is 1. The Bertz CT molecular complexity index is 537. The Balaban J connectivity index is 2.04. The molecule has 0 radical (unpaired) electrons. The first kappa shape index (κ1) is 13.2. The van der Waals surface area contributed by atoms with Crippen LogP contribution in [0.5, 0.6) is 0 Å². The average molecular weight is 255 g/mol. The maximum atomic E-state index is 12.1. The number of rotatable bonds is 4. The van der Waals surface area contributed by atoms with Gasteiger partial charge in [0.2, 0.25) is 5.91 Å². The fraction of sp³-hybridized carbons (Fsp3) is 0.200. The number of benzene rings is 1. The second-order valence-electron chi connectivity index (χ2n) is 4.36. The number of anilines is 1. The standard InChI is InChI=1S/C15H17N3O/c1-18(14-3-2-8-17-11-14)15(19)9-12-4-6-13(10-16)7-5-12/h2-8,11H,9-10,16H2,1H3. The van der Waals surface area contributed by atoms with Crippen molar-refractivity contribution in [3.05, 3.63) is 59.9 Å². The summed E-state index contributed by atoms with van der Waals surface area (Å²) in [6.07, 6.45) is 3.74. The first-order valence-electron chi connectivity index (χ1n) is 6.15. The van der Waals surface area contributed by atoms with Crippen molar-refractivity contribution in [2.75, 3.05) is 11.9 Å². The lowest BCUT2D eigenvalue weighted by molar-refractivity contribution is -0.117. The van der Waals surface area contributed by atoms with E-state index in [0.29, 0.717) is 13.0 Å². The Labute approximate surface area is 112 Å². The minimum atomic E-state index is 0.0356. The number of hydrogen-bond donors (Lipinski definition) is 1. The molecular formula is C15H17N3O. The summed E-state index contributed by atoms with van der Waals surface area (Å²) in [4.78, 5) is 17.8. The van der Waals surface area contributed by atoms with Crippen molar-refractivity contribution in [3.63, 3.8) is 0 Å². The zero-order chi connectivity index (χ0) is 13.7. The summed E-state index contributed by atoms with van der Waals surface area (Å²) in [7, 11) is 1.76. The fourth-order valence-electron chi connectivity index (χ4n) is 1.78. The van der Waals surface area contributed by atoms with Crippen molar-refractivity contribution >= 4 is 11.6 Å².